The van der Waals surface area contributed by atoms with Crippen LogP contribution in [0, 0.1) is 0 Å². The van der Waals surface area contributed by atoms with Crippen molar-refractivity contribution >= 4 is 16.9 Å². The molecular weight excluding hydrogens is 348 g/mol. The molecule has 0 fully saturated rings. The number of fused-ring (bicyclic) bond motifs is 1. The number of para-hydroxylation sites is 1. The molecule has 1 heterocycles. The van der Waals surface area contributed by atoms with Crippen molar-refractivity contribution in [3.8, 4) is 5.75 Å². The second-order valence-corrected chi connectivity index (χ2v) is 5.77. The molecule has 7 heteroatoms. The molecule has 27 heavy (non-hydrogen) atoms. The zero-order valence-corrected chi connectivity index (χ0v) is 15.2. The van der Waals surface area contributed by atoms with E-state index in [1.54, 1.807) is 49.6 Å². The van der Waals surface area contributed by atoms with Crippen LogP contribution >= 0.6 is 0 Å². The van der Waals surface area contributed by atoms with Crippen LogP contribution in [0.15, 0.2) is 47.3 Å². The quantitative estimate of drug-likeness (QED) is 0.645. The van der Waals surface area contributed by atoms with Crippen LogP contribution in [0.5, 0.6) is 5.75 Å². The van der Waals surface area contributed by atoms with Gasteiger partial charge in [-0.05, 0) is 37.3 Å². The van der Waals surface area contributed by atoms with Crippen molar-refractivity contribution in [1.29, 1.82) is 0 Å². The monoisotopic (exact) mass is 368 g/mol. The Kier molecular flexibility index (Phi) is 5.83. The molecule has 0 spiro atoms. The molecule has 1 N–H and O–H groups in total. The minimum atomic E-state index is -0.522. The van der Waals surface area contributed by atoms with Gasteiger partial charge in [-0.25, -0.2) is 9.78 Å². The van der Waals surface area contributed by atoms with Crippen LogP contribution in [-0.2, 0) is 22.7 Å². The van der Waals surface area contributed by atoms with Gasteiger partial charge in [-0.2, -0.15) is 0 Å². The summed E-state index contributed by atoms with van der Waals surface area (Å²) < 4.78 is 16.0. The van der Waals surface area contributed by atoms with Crippen LogP contribution in [0.1, 0.15) is 28.7 Å². The maximum atomic E-state index is 12.4. The van der Waals surface area contributed by atoms with Gasteiger partial charge in [0.1, 0.15) is 18.2 Å². The number of nitrogens with zero attached hydrogens (tertiary/aromatic N) is 1. The molecule has 0 amide bonds. The second kappa shape index (κ2) is 8.46. The Labute approximate surface area is 155 Å². The first kappa shape index (κ1) is 18.6. The molecule has 0 aliphatic carbocycles. The summed E-state index contributed by atoms with van der Waals surface area (Å²) in [6, 6.07) is 12.0. The van der Waals surface area contributed by atoms with Gasteiger partial charge < -0.3 is 19.2 Å². The number of hydrogen-bond donors (Lipinski definition) is 1. The Hall–Kier alpha value is -3.19. The van der Waals surface area contributed by atoms with E-state index in [2.05, 4.69) is 9.97 Å². The largest absolute Gasteiger partial charge is 0.496 e. The summed E-state index contributed by atoms with van der Waals surface area (Å²) in [4.78, 5) is 31.4. The van der Waals surface area contributed by atoms with Gasteiger partial charge in [0, 0.05) is 12.2 Å². The van der Waals surface area contributed by atoms with E-state index in [-0.39, 0.29) is 18.0 Å². The number of rotatable bonds is 7. The fraction of sp³-hybridized carbons (Fsp3) is 0.250. The van der Waals surface area contributed by atoms with Gasteiger partial charge in [0.15, 0.2) is 0 Å². The zero-order valence-electron chi connectivity index (χ0n) is 15.2. The summed E-state index contributed by atoms with van der Waals surface area (Å²) >= 11 is 0. The van der Waals surface area contributed by atoms with Gasteiger partial charge in [-0.15, -0.1) is 0 Å². The lowest BCUT2D eigenvalue weighted by molar-refractivity contribution is 0.0462. The van der Waals surface area contributed by atoms with Crippen molar-refractivity contribution in [1.82, 2.24) is 9.97 Å². The predicted octanol–water partition coefficient (Wildman–Crippen LogP) is 2.83. The van der Waals surface area contributed by atoms with Crippen LogP contribution in [0.2, 0.25) is 0 Å². The van der Waals surface area contributed by atoms with Gasteiger partial charge in [0.05, 0.1) is 30.2 Å². The summed E-state index contributed by atoms with van der Waals surface area (Å²) in [5, 5.41) is 0.489. The highest BCUT2D eigenvalue weighted by atomic mass is 16.5. The molecule has 140 valence electrons. The molecule has 1 aromatic heterocycles. The van der Waals surface area contributed by atoms with E-state index in [0.717, 1.165) is 5.56 Å². The predicted molar refractivity (Wildman–Crippen MR) is 99.8 cm³/mol. The summed E-state index contributed by atoms with van der Waals surface area (Å²) in [5.41, 5.74) is 1.41. The van der Waals surface area contributed by atoms with Gasteiger partial charge in [0.25, 0.3) is 5.56 Å². The first-order valence-corrected chi connectivity index (χ1v) is 8.52. The van der Waals surface area contributed by atoms with E-state index in [1.807, 2.05) is 6.92 Å². The standard InChI is InChI=1S/C20H20N2O5/c1-3-26-11-14-10-13(8-9-17(14)25-2)20(24)27-12-18-21-16-7-5-4-6-15(16)19(23)22-18/h4-10H,3,11-12H2,1-2H3,(H,21,22,23). The van der Waals surface area contributed by atoms with Crippen molar-refractivity contribution in [3.63, 3.8) is 0 Å². The molecule has 0 saturated heterocycles. The van der Waals surface area contributed by atoms with E-state index in [0.29, 0.717) is 35.4 Å². The third kappa shape index (κ3) is 4.32. The molecule has 2 aromatic carbocycles. The SMILES string of the molecule is CCOCc1cc(C(=O)OCc2nc3ccccc3c(=O)[nH]2)ccc1OC. The molecule has 0 atom stereocenters. The Bertz CT molecular complexity index is 1010. The fourth-order valence-electron chi connectivity index (χ4n) is 2.65. The average molecular weight is 368 g/mol. The average Bonchev–Trinajstić information content (AvgIpc) is 2.70. The number of esters is 1. The number of ether oxygens (including phenoxy) is 3. The van der Waals surface area contributed by atoms with Crippen LogP contribution in [0.3, 0.4) is 0 Å². The first-order chi connectivity index (χ1) is 13.1. The number of aromatic amines is 1. The van der Waals surface area contributed by atoms with Gasteiger partial charge in [-0.3, -0.25) is 4.79 Å². The van der Waals surface area contributed by atoms with E-state index in [9.17, 15) is 9.59 Å². The van der Waals surface area contributed by atoms with Gasteiger partial charge in [0.2, 0.25) is 0 Å². The molecule has 0 bridgehead atoms. The summed E-state index contributed by atoms with van der Waals surface area (Å²) in [5.74, 6) is 0.404. The minimum Gasteiger partial charge on any atom is -0.496 e. The smallest absolute Gasteiger partial charge is 0.338 e. The van der Waals surface area contributed by atoms with E-state index < -0.39 is 5.97 Å². The number of methoxy groups -OCH3 is 1. The minimum absolute atomic E-state index is 0.133. The number of H-pyrrole nitrogens is 1. The van der Waals surface area contributed by atoms with E-state index in [1.165, 1.54) is 0 Å². The molecular formula is C20H20N2O5. The number of carbonyl (C=O) groups is 1. The van der Waals surface area contributed by atoms with Crippen LogP contribution < -0.4 is 10.3 Å². The molecule has 3 rings (SSSR count). The summed E-state index contributed by atoms with van der Waals surface area (Å²) in [6.07, 6.45) is 0. The lowest BCUT2D eigenvalue weighted by Gasteiger charge is -2.11. The highest BCUT2D eigenvalue weighted by molar-refractivity contribution is 5.89. The van der Waals surface area contributed by atoms with Crippen LogP contribution in [0.25, 0.3) is 10.9 Å². The Balaban J connectivity index is 1.75. The van der Waals surface area contributed by atoms with Crippen LogP contribution in [0.4, 0.5) is 0 Å². The number of nitrogens with one attached hydrogen (secondary N) is 1. The molecule has 0 radical (unpaired) electrons. The zero-order chi connectivity index (χ0) is 19.2. The number of hydrogen-bond acceptors (Lipinski definition) is 6. The van der Waals surface area contributed by atoms with Crippen LogP contribution in [-0.4, -0.2) is 29.7 Å². The summed E-state index contributed by atoms with van der Waals surface area (Å²) in [6.45, 7) is 2.65. The van der Waals surface area contributed by atoms with Gasteiger partial charge in [-0.1, -0.05) is 12.1 Å². The molecule has 0 saturated carbocycles. The van der Waals surface area contributed by atoms with E-state index >= 15 is 0 Å². The lowest BCUT2D eigenvalue weighted by atomic mass is 10.1. The Morgan fingerprint density at radius 2 is 1.96 bits per heavy atom. The number of benzene rings is 2. The molecule has 0 aliphatic heterocycles. The van der Waals surface area contributed by atoms with Crippen molar-refractivity contribution in [2.45, 2.75) is 20.1 Å². The first-order valence-electron chi connectivity index (χ1n) is 8.52. The topological polar surface area (TPSA) is 90.5 Å². The van der Waals surface area contributed by atoms with Crippen molar-refractivity contribution in [3.05, 3.63) is 69.8 Å². The second-order valence-electron chi connectivity index (χ2n) is 5.77. The van der Waals surface area contributed by atoms with Crippen molar-refractivity contribution in [2.75, 3.05) is 13.7 Å². The molecule has 0 aliphatic rings. The van der Waals surface area contributed by atoms with Crippen molar-refractivity contribution in [2.24, 2.45) is 0 Å². The highest BCUT2D eigenvalue weighted by Crippen LogP contribution is 2.21. The van der Waals surface area contributed by atoms with E-state index in [4.69, 9.17) is 14.2 Å². The molecule has 0 unspecified atom stereocenters. The maximum Gasteiger partial charge on any atom is 0.338 e. The third-order valence-electron chi connectivity index (χ3n) is 3.98. The molecule has 7 nitrogen and oxygen atoms in total. The lowest BCUT2D eigenvalue weighted by Crippen LogP contribution is -2.14. The highest BCUT2D eigenvalue weighted by Gasteiger charge is 2.13. The fourth-order valence-corrected chi connectivity index (χ4v) is 2.65. The van der Waals surface area contributed by atoms with Crippen molar-refractivity contribution < 1.29 is 19.0 Å². The Morgan fingerprint density at radius 1 is 1.15 bits per heavy atom. The number of carbonyl (C=O) groups excluding carboxylic acids is 1. The Morgan fingerprint density at radius 3 is 2.74 bits per heavy atom. The normalized spacial score (nSPS) is 10.7. The third-order valence-corrected chi connectivity index (χ3v) is 3.98. The number of aromatic nitrogens is 2. The summed E-state index contributed by atoms with van der Waals surface area (Å²) in [7, 11) is 1.56. The maximum absolute atomic E-state index is 12.4. The molecule has 3 aromatic rings. The van der Waals surface area contributed by atoms with Gasteiger partial charge >= 0.3 is 5.97 Å².